The number of aliphatic carboxylic acids is 1. The molecule has 0 aromatic rings. The number of hydrogen-bond donors (Lipinski definition) is 5. The van der Waals surface area contributed by atoms with E-state index < -0.39 is 40.3 Å². The molecule has 10 nitrogen and oxygen atoms in total. The van der Waals surface area contributed by atoms with Crippen LogP contribution in [-0.2, 0) is 15.0 Å². The van der Waals surface area contributed by atoms with Crippen LogP contribution in [0.3, 0.4) is 0 Å². The van der Waals surface area contributed by atoms with E-state index in [1.165, 1.54) is 8.61 Å². The standard InChI is InChI=1S/C15H31BN4O6S/c1-14(2,3)20(12-7-18-8-12)27(25,26)19-9-11(5-4-6-16(23)24)15(17,10-19)13(21)22/h11-12,18,23-24H,4-10,17H2,1-3H3,(H,21,22)/t11-,15-/m0/s1. The Kier molecular flexibility index (Phi) is 6.62. The number of carboxylic acids is 1. The smallest absolute Gasteiger partial charge is 0.451 e. The van der Waals surface area contributed by atoms with Crippen molar-refractivity contribution in [3.05, 3.63) is 0 Å². The molecular formula is C15H31BN4O6S. The van der Waals surface area contributed by atoms with Crippen LogP contribution >= 0.6 is 0 Å². The van der Waals surface area contributed by atoms with Gasteiger partial charge in [0.25, 0.3) is 10.2 Å². The summed E-state index contributed by atoms with van der Waals surface area (Å²) in [5.74, 6) is -1.85. The molecule has 0 bridgehead atoms. The molecule has 156 valence electrons. The third-order valence-corrected chi connectivity index (χ3v) is 7.60. The highest BCUT2D eigenvalue weighted by Crippen LogP contribution is 2.35. The molecule has 2 rings (SSSR count). The van der Waals surface area contributed by atoms with E-state index in [1.807, 2.05) is 20.8 Å². The van der Waals surface area contributed by atoms with E-state index in [2.05, 4.69) is 5.32 Å². The Labute approximate surface area is 161 Å². The second-order valence-electron chi connectivity index (χ2n) is 8.53. The van der Waals surface area contributed by atoms with Crippen molar-refractivity contribution < 1.29 is 28.4 Å². The Balaban J connectivity index is 2.25. The average Bonchev–Trinajstić information content (AvgIpc) is 2.80. The van der Waals surface area contributed by atoms with Gasteiger partial charge in [0.05, 0.1) is 6.04 Å². The van der Waals surface area contributed by atoms with Crippen molar-refractivity contribution in [3.63, 3.8) is 0 Å². The minimum Gasteiger partial charge on any atom is -0.480 e. The van der Waals surface area contributed by atoms with Gasteiger partial charge in [-0.05, 0) is 33.5 Å². The quantitative estimate of drug-likeness (QED) is 0.298. The Morgan fingerprint density at radius 2 is 1.96 bits per heavy atom. The topological polar surface area (TPSA) is 156 Å². The molecule has 0 saturated carbocycles. The first-order valence-corrected chi connectivity index (χ1v) is 10.6. The molecule has 0 spiro atoms. The van der Waals surface area contributed by atoms with Crippen LogP contribution in [0.5, 0.6) is 0 Å². The van der Waals surface area contributed by atoms with Crippen molar-refractivity contribution in [1.82, 2.24) is 13.9 Å². The van der Waals surface area contributed by atoms with Crippen molar-refractivity contribution in [2.24, 2.45) is 11.7 Å². The van der Waals surface area contributed by atoms with Gasteiger partial charge in [-0.1, -0.05) is 6.42 Å². The molecule has 2 atom stereocenters. The zero-order valence-corrected chi connectivity index (χ0v) is 16.9. The van der Waals surface area contributed by atoms with Gasteiger partial charge in [-0.2, -0.15) is 17.0 Å². The Hall–Kier alpha value is -0.755. The lowest BCUT2D eigenvalue weighted by Gasteiger charge is -2.46. The zero-order valence-electron chi connectivity index (χ0n) is 16.1. The first kappa shape index (κ1) is 22.5. The molecule has 6 N–H and O–H groups in total. The maximum atomic E-state index is 13.3. The highest BCUT2D eigenvalue weighted by molar-refractivity contribution is 7.86. The van der Waals surface area contributed by atoms with Crippen molar-refractivity contribution >= 4 is 23.3 Å². The summed E-state index contributed by atoms with van der Waals surface area (Å²) in [5, 5.41) is 30.7. The maximum Gasteiger partial charge on any atom is 0.451 e. The van der Waals surface area contributed by atoms with E-state index in [0.717, 1.165) is 0 Å². The summed E-state index contributed by atoms with van der Waals surface area (Å²) in [4.78, 5) is 11.8. The van der Waals surface area contributed by atoms with Crippen LogP contribution in [0.25, 0.3) is 0 Å². The fourth-order valence-corrected chi connectivity index (χ4v) is 6.07. The van der Waals surface area contributed by atoms with Gasteiger partial charge in [0.15, 0.2) is 0 Å². The predicted molar refractivity (Wildman–Crippen MR) is 101 cm³/mol. The number of nitrogens with zero attached hydrogens (tertiary/aromatic N) is 2. The van der Waals surface area contributed by atoms with Gasteiger partial charge in [-0.25, -0.2) is 0 Å². The number of carboxylic acid groups (broad SMARTS) is 1. The molecule has 2 fully saturated rings. The van der Waals surface area contributed by atoms with E-state index in [0.29, 0.717) is 25.9 Å². The molecule has 2 aliphatic heterocycles. The van der Waals surface area contributed by atoms with Crippen LogP contribution in [0.1, 0.15) is 33.6 Å². The summed E-state index contributed by atoms with van der Waals surface area (Å²) >= 11 is 0. The fourth-order valence-electron chi connectivity index (χ4n) is 3.85. The first-order valence-electron chi connectivity index (χ1n) is 9.19. The molecule has 0 aromatic carbocycles. The van der Waals surface area contributed by atoms with Crippen molar-refractivity contribution in [2.45, 2.75) is 57.1 Å². The van der Waals surface area contributed by atoms with Crippen LogP contribution in [0, 0.1) is 5.92 Å². The largest absolute Gasteiger partial charge is 0.480 e. The first-order chi connectivity index (χ1) is 12.3. The predicted octanol–water partition coefficient (Wildman–Crippen LogP) is -1.73. The Morgan fingerprint density at radius 3 is 2.37 bits per heavy atom. The summed E-state index contributed by atoms with van der Waals surface area (Å²) in [5.41, 5.74) is 3.76. The molecule has 2 saturated heterocycles. The van der Waals surface area contributed by atoms with E-state index in [9.17, 15) is 18.3 Å². The summed E-state index contributed by atoms with van der Waals surface area (Å²) in [7, 11) is -5.39. The normalized spacial score (nSPS) is 27.7. The molecule has 2 heterocycles. The number of rotatable bonds is 8. The van der Waals surface area contributed by atoms with Gasteiger partial charge >= 0.3 is 13.1 Å². The van der Waals surface area contributed by atoms with Crippen LogP contribution in [-0.4, -0.2) is 88.6 Å². The molecular weight excluding hydrogens is 375 g/mol. The third kappa shape index (κ3) is 4.64. The second kappa shape index (κ2) is 7.93. The molecule has 0 aliphatic carbocycles. The van der Waals surface area contributed by atoms with Crippen LogP contribution in [0.15, 0.2) is 0 Å². The van der Waals surface area contributed by atoms with Gasteiger partial charge < -0.3 is 26.2 Å². The lowest BCUT2D eigenvalue weighted by Crippen LogP contribution is -2.66. The van der Waals surface area contributed by atoms with Gasteiger partial charge in [-0.3, -0.25) is 4.79 Å². The number of hydrogen-bond acceptors (Lipinski definition) is 7. The second-order valence-corrected chi connectivity index (χ2v) is 10.3. The van der Waals surface area contributed by atoms with E-state index in [4.69, 9.17) is 15.8 Å². The number of carbonyl (C=O) groups is 1. The minimum atomic E-state index is -3.91. The zero-order chi connectivity index (χ0) is 20.6. The molecule has 12 heteroatoms. The third-order valence-electron chi connectivity index (χ3n) is 5.33. The molecule has 27 heavy (non-hydrogen) atoms. The molecule has 2 aliphatic rings. The molecule has 0 amide bonds. The molecule has 0 aromatic heterocycles. The van der Waals surface area contributed by atoms with Gasteiger partial charge in [0, 0.05) is 37.6 Å². The van der Waals surface area contributed by atoms with E-state index >= 15 is 0 Å². The summed E-state index contributed by atoms with van der Waals surface area (Å²) in [6.45, 7) is 6.23. The summed E-state index contributed by atoms with van der Waals surface area (Å²) < 4.78 is 29.3. The molecule has 0 unspecified atom stereocenters. The van der Waals surface area contributed by atoms with Crippen molar-refractivity contribution in [2.75, 3.05) is 26.2 Å². The maximum absolute atomic E-state index is 13.3. The number of nitrogens with one attached hydrogen (secondary N) is 1. The van der Waals surface area contributed by atoms with Gasteiger partial charge in [0.2, 0.25) is 0 Å². The monoisotopic (exact) mass is 406 g/mol. The lowest BCUT2D eigenvalue weighted by atomic mass is 9.78. The van der Waals surface area contributed by atoms with Crippen LogP contribution in [0.4, 0.5) is 0 Å². The van der Waals surface area contributed by atoms with Crippen LogP contribution < -0.4 is 11.1 Å². The highest BCUT2D eigenvalue weighted by Gasteiger charge is 2.55. The Morgan fingerprint density at radius 1 is 1.37 bits per heavy atom. The van der Waals surface area contributed by atoms with Gasteiger partial charge in [0.1, 0.15) is 5.54 Å². The fraction of sp³-hybridized carbons (Fsp3) is 0.933. The van der Waals surface area contributed by atoms with E-state index in [1.54, 1.807) is 0 Å². The lowest BCUT2D eigenvalue weighted by molar-refractivity contribution is -0.144. The number of nitrogens with two attached hydrogens (primary N) is 1. The SMILES string of the molecule is CC(C)(C)N(C1CNC1)S(=O)(=O)N1C[C@H](CCCB(O)O)[C@](N)(C(=O)O)C1. The summed E-state index contributed by atoms with van der Waals surface area (Å²) in [6, 6.07) is -0.185. The van der Waals surface area contributed by atoms with E-state index in [-0.39, 0.29) is 25.5 Å². The molecule has 0 radical (unpaired) electrons. The van der Waals surface area contributed by atoms with Crippen molar-refractivity contribution in [3.8, 4) is 0 Å². The highest BCUT2D eigenvalue weighted by atomic mass is 32.2. The summed E-state index contributed by atoms with van der Waals surface area (Å²) in [6.07, 6.45) is 0.728. The minimum absolute atomic E-state index is 0.000609. The Bertz CT molecular complexity index is 651. The van der Waals surface area contributed by atoms with Crippen LogP contribution in [0.2, 0.25) is 6.32 Å². The van der Waals surface area contributed by atoms with Crippen molar-refractivity contribution in [1.29, 1.82) is 0 Å². The van der Waals surface area contributed by atoms with Gasteiger partial charge in [-0.15, -0.1) is 0 Å². The average molecular weight is 406 g/mol.